The summed E-state index contributed by atoms with van der Waals surface area (Å²) in [6, 6.07) is 10.1. The number of carbonyl (C=O) groups excluding carboxylic acids is 1. The average molecular weight is 246 g/mol. The lowest BCUT2D eigenvalue weighted by Gasteiger charge is -2.39. The summed E-state index contributed by atoms with van der Waals surface area (Å²) in [6.45, 7) is 4.94. The van der Waals surface area contributed by atoms with Crippen LogP contribution >= 0.6 is 0 Å². The third kappa shape index (κ3) is 2.15. The molecule has 1 aliphatic carbocycles. The molecule has 0 aromatic heterocycles. The van der Waals surface area contributed by atoms with Crippen molar-refractivity contribution in [2.24, 2.45) is 11.1 Å². The lowest BCUT2D eigenvalue weighted by atomic mass is 9.74. The molecule has 1 amide bonds. The summed E-state index contributed by atoms with van der Waals surface area (Å²) in [5.74, 6) is -0.221. The molecular weight excluding hydrogens is 224 g/mol. The maximum Gasteiger partial charge on any atom is 0.238 e. The topological polar surface area (TPSA) is 55.1 Å². The van der Waals surface area contributed by atoms with E-state index in [1.807, 2.05) is 18.2 Å². The smallest absolute Gasteiger partial charge is 0.238 e. The van der Waals surface area contributed by atoms with Crippen LogP contribution in [0, 0.1) is 5.41 Å². The maximum atomic E-state index is 11.9. The van der Waals surface area contributed by atoms with E-state index < -0.39 is 5.54 Å². The molecule has 3 heteroatoms. The van der Waals surface area contributed by atoms with Crippen LogP contribution in [0.2, 0.25) is 0 Å². The van der Waals surface area contributed by atoms with Crippen molar-refractivity contribution >= 4 is 5.91 Å². The van der Waals surface area contributed by atoms with Gasteiger partial charge in [-0.3, -0.25) is 10.1 Å². The molecule has 0 radical (unpaired) electrons. The van der Waals surface area contributed by atoms with Gasteiger partial charge in [0.05, 0.1) is 0 Å². The van der Waals surface area contributed by atoms with Crippen molar-refractivity contribution in [3.05, 3.63) is 35.9 Å². The number of nitrogens with one attached hydrogen (secondary N) is 1. The van der Waals surface area contributed by atoms with Crippen molar-refractivity contribution in [2.75, 3.05) is 0 Å². The zero-order chi connectivity index (χ0) is 13.2. The summed E-state index contributed by atoms with van der Waals surface area (Å²) in [5, 5.41) is 3.43. The predicted octanol–water partition coefficient (Wildman–Crippen LogP) is 2.21. The van der Waals surface area contributed by atoms with Crippen molar-refractivity contribution < 1.29 is 4.79 Å². The van der Waals surface area contributed by atoms with E-state index in [2.05, 4.69) is 31.3 Å². The SMILES string of the molecule is CC1(C)CCCC1(NCc1ccccc1)C(N)=O. The third-order valence-electron chi connectivity index (χ3n) is 4.37. The van der Waals surface area contributed by atoms with E-state index in [0.29, 0.717) is 6.54 Å². The molecule has 1 saturated carbocycles. The van der Waals surface area contributed by atoms with Crippen molar-refractivity contribution in [3.63, 3.8) is 0 Å². The first-order valence-electron chi connectivity index (χ1n) is 6.57. The molecule has 1 aliphatic rings. The second-order valence-electron chi connectivity index (χ2n) is 5.85. The predicted molar refractivity (Wildman–Crippen MR) is 72.8 cm³/mol. The molecule has 2 rings (SSSR count). The van der Waals surface area contributed by atoms with Crippen LogP contribution in [0.5, 0.6) is 0 Å². The third-order valence-corrected chi connectivity index (χ3v) is 4.37. The minimum absolute atomic E-state index is 0.0758. The van der Waals surface area contributed by atoms with Gasteiger partial charge in [-0.25, -0.2) is 0 Å². The molecule has 1 fully saturated rings. The summed E-state index contributed by atoms with van der Waals surface area (Å²) in [7, 11) is 0. The highest BCUT2D eigenvalue weighted by atomic mass is 16.1. The molecule has 0 saturated heterocycles. The number of carbonyl (C=O) groups is 1. The van der Waals surface area contributed by atoms with Gasteiger partial charge in [0.15, 0.2) is 0 Å². The Morgan fingerprint density at radius 2 is 1.94 bits per heavy atom. The van der Waals surface area contributed by atoms with Gasteiger partial charge in [0.25, 0.3) is 0 Å². The Morgan fingerprint density at radius 1 is 1.28 bits per heavy atom. The Hall–Kier alpha value is -1.35. The van der Waals surface area contributed by atoms with Crippen LogP contribution in [0.15, 0.2) is 30.3 Å². The number of rotatable bonds is 4. The Morgan fingerprint density at radius 3 is 2.44 bits per heavy atom. The molecule has 1 unspecified atom stereocenters. The van der Waals surface area contributed by atoms with E-state index in [1.54, 1.807) is 0 Å². The van der Waals surface area contributed by atoms with Gasteiger partial charge in [0, 0.05) is 6.54 Å². The Labute approximate surface area is 109 Å². The van der Waals surface area contributed by atoms with Crippen LogP contribution in [-0.2, 0) is 11.3 Å². The van der Waals surface area contributed by atoms with Gasteiger partial charge < -0.3 is 5.73 Å². The summed E-state index contributed by atoms with van der Waals surface area (Å²) in [6.07, 6.45) is 2.93. The Kier molecular flexibility index (Phi) is 3.44. The molecule has 1 aromatic carbocycles. The summed E-state index contributed by atoms with van der Waals surface area (Å²) >= 11 is 0. The van der Waals surface area contributed by atoms with Gasteiger partial charge in [-0.05, 0) is 23.8 Å². The minimum atomic E-state index is -0.567. The number of hydrogen-bond acceptors (Lipinski definition) is 2. The van der Waals surface area contributed by atoms with E-state index in [0.717, 1.165) is 19.3 Å². The first-order chi connectivity index (χ1) is 8.48. The van der Waals surface area contributed by atoms with Crippen LogP contribution < -0.4 is 11.1 Å². The summed E-state index contributed by atoms with van der Waals surface area (Å²) in [4.78, 5) is 11.9. The van der Waals surface area contributed by atoms with Crippen LogP contribution in [-0.4, -0.2) is 11.4 Å². The van der Waals surface area contributed by atoms with Gasteiger partial charge in [-0.1, -0.05) is 50.6 Å². The fraction of sp³-hybridized carbons (Fsp3) is 0.533. The molecule has 1 aromatic rings. The molecule has 0 aliphatic heterocycles. The zero-order valence-corrected chi connectivity index (χ0v) is 11.2. The molecule has 18 heavy (non-hydrogen) atoms. The van der Waals surface area contributed by atoms with E-state index in [9.17, 15) is 4.79 Å². The van der Waals surface area contributed by atoms with Crippen molar-refractivity contribution in [2.45, 2.75) is 45.2 Å². The first kappa shape index (κ1) is 13.1. The fourth-order valence-corrected chi connectivity index (χ4v) is 3.07. The highest BCUT2D eigenvalue weighted by Gasteiger charge is 2.52. The van der Waals surface area contributed by atoms with E-state index in [4.69, 9.17) is 5.73 Å². The number of benzene rings is 1. The van der Waals surface area contributed by atoms with Crippen molar-refractivity contribution in [1.29, 1.82) is 0 Å². The molecule has 98 valence electrons. The van der Waals surface area contributed by atoms with Gasteiger partial charge in [-0.15, -0.1) is 0 Å². The quantitative estimate of drug-likeness (QED) is 0.855. The highest BCUT2D eigenvalue weighted by Crippen LogP contribution is 2.45. The van der Waals surface area contributed by atoms with Gasteiger partial charge in [0.2, 0.25) is 5.91 Å². The number of hydrogen-bond donors (Lipinski definition) is 2. The summed E-state index contributed by atoms with van der Waals surface area (Å²) < 4.78 is 0. The number of nitrogens with two attached hydrogens (primary N) is 1. The Bertz CT molecular complexity index is 427. The zero-order valence-electron chi connectivity index (χ0n) is 11.2. The van der Waals surface area contributed by atoms with Crippen molar-refractivity contribution in [3.8, 4) is 0 Å². The van der Waals surface area contributed by atoms with Crippen LogP contribution in [0.3, 0.4) is 0 Å². The number of amides is 1. The van der Waals surface area contributed by atoms with Crippen LogP contribution in [0.4, 0.5) is 0 Å². The maximum absolute atomic E-state index is 11.9. The highest BCUT2D eigenvalue weighted by molar-refractivity contribution is 5.86. The van der Waals surface area contributed by atoms with Crippen LogP contribution in [0.25, 0.3) is 0 Å². The molecule has 0 heterocycles. The second-order valence-corrected chi connectivity index (χ2v) is 5.85. The summed E-state index contributed by atoms with van der Waals surface area (Å²) in [5.41, 5.74) is 6.21. The minimum Gasteiger partial charge on any atom is -0.368 e. The fourth-order valence-electron chi connectivity index (χ4n) is 3.07. The Balaban J connectivity index is 2.16. The largest absolute Gasteiger partial charge is 0.368 e. The average Bonchev–Trinajstić information content (AvgIpc) is 2.64. The molecule has 0 spiro atoms. The van der Waals surface area contributed by atoms with E-state index >= 15 is 0 Å². The van der Waals surface area contributed by atoms with Gasteiger partial charge in [0.1, 0.15) is 5.54 Å². The van der Waals surface area contributed by atoms with Crippen LogP contribution in [0.1, 0.15) is 38.7 Å². The molecule has 3 N–H and O–H groups in total. The number of primary amides is 1. The normalized spacial score (nSPS) is 26.1. The lowest BCUT2D eigenvalue weighted by Crippen LogP contribution is -2.61. The standard InChI is InChI=1S/C15H22N2O/c1-14(2)9-6-10-15(14,13(16)18)17-11-12-7-4-3-5-8-12/h3-5,7-8,17H,6,9-11H2,1-2H3,(H2,16,18). The monoisotopic (exact) mass is 246 g/mol. The molecule has 0 bridgehead atoms. The van der Waals surface area contributed by atoms with E-state index in [1.165, 1.54) is 5.56 Å². The van der Waals surface area contributed by atoms with E-state index in [-0.39, 0.29) is 11.3 Å². The van der Waals surface area contributed by atoms with Gasteiger partial charge in [-0.2, -0.15) is 0 Å². The first-order valence-corrected chi connectivity index (χ1v) is 6.57. The van der Waals surface area contributed by atoms with Gasteiger partial charge >= 0.3 is 0 Å². The molecule has 3 nitrogen and oxygen atoms in total. The van der Waals surface area contributed by atoms with Crippen molar-refractivity contribution in [1.82, 2.24) is 5.32 Å². The molecular formula is C15H22N2O. The molecule has 1 atom stereocenters. The second kappa shape index (κ2) is 4.73. The lowest BCUT2D eigenvalue weighted by molar-refractivity contribution is -0.128.